The van der Waals surface area contributed by atoms with Gasteiger partial charge in [0.2, 0.25) is 5.91 Å². The molecule has 3 rings (SSSR count). The number of carbonyl (C=O) groups excluding carboxylic acids is 2. The molecule has 0 spiro atoms. The van der Waals surface area contributed by atoms with Gasteiger partial charge in [-0.2, -0.15) is 0 Å². The molecule has 22 heavy (non-hydrogen) atoms. The van der Waals surface area contributed by atoms with Crippen LogP contribution < -0.4 is 10.6 Å². The first-order chi connectivity index (χ1) is 10.6. The molecule has 1 saturated heterocycles. The molecule has 2 amide bonds. The number of hydrogen-bond acceptors (Lipinski definition) is 5. The number of rotatable bonds is 4. The second-order valence-electron chi connectivity index (χ2n) is 4.96. The summed E-state index contributed by atoms with van der Waals surface area (Å²) in [5.74, 6) is 0.312. The molecule has 2 unspecified atom stereocenters. The van der Waals surface area contributed by atoms with Crippen LogP contribution >= 0.6 is 23.1 Å². The summed E-state index contributed by atoms with van der Waals surface area (Å²) in [6, 6.07) is 9.29. The summed E-state index contributed by atoms with van der Waals surface area (Å²) in [6.45, 7) is 1.90. The van der Waals surface area contributed by atoms with Crippen molar-refractivity contribution in [3.8, 4) is 11.3 Å². The number of aromatic nitrogens is 1. The molecule has 2 aromatic rings. The van der Waals surface area contributed by atoms with Gasteiger partial charge < -0.3 is 10.6 Å². The molecule has 0 bridgehead atoms. The van der Waals surface area contributed by atoms with Crippen LogP contribution in [0.5, 0.6) is 0 Å². The smallest absolute Gasteiger partial charge is 0.279 e. The SMILES string of the molecule is CC(NC(=O)C1CSC(=O)N1)c1nc(-c2ccccc2)cs1. The second kappa shape index (κ2) is 6.50. The van der Waals surface area contributed by atoms with Crippen molar-refractivity contribution in [1.29, 1.82) is 0 Å². The summed E-state index contributed by atoms with van der Waals surface area (Å²) in [5.41, 5.74) is 1.97. The molecule has 0 radical (unpaired) electrons. The van der Waals surface area contributed by atoms with Gasteiger partial charge in [0, 0.05) is 16.7 Å². The number of carbonyl (C=O) groups is 2. The molecule has 2 heterocycles. The molecule has 0 aliphatic carbocycles. The van der Waals surface area contributed by atoms with Gasteiger partial charge in [-0.1, -0.05) is 42.1 Å². The van der Waals surface area contributed by atoms with E-state index >= 15 is 0 Å². The summed E-state index contributed by atoms with van der Waals surface area (Å²) in [7, 11) is 0. The zero-order valence-corrected chi connectivity index (χ0v) is 13.5. The predicted octanol–water partition coefficient (Wildman–Crippen LogP) is 2.81. The highest BCUT2D eigenvalue weighted by Gasteiger charge is 2.29. The Balaban J connectivity index is 1.65. The molecule has 114 valence electrons. The fourth-order valence-corrected chi connectivity index (χ4v) is 3.74. The molecular formula is C15H15N3O2S2. The third-order valence-electron chi connectivity index (χ3n) is 3.31. The van der Waals surface area contributed by atoms with Crippen molar-refractivity contribution in [1.82, 2.24) is 15.6 Å². The Kier molecular flexibility index (Phi) is 4.44. The quantitative estimate of drug-likeness (QED) is 0.902. The lowest BCUT2D eigenvalue weighted by molar-refractivity contribution is -0.122. The van der Waals surface area contributed by atoms with E-state index in [4.69, 9.17) is 0 Å². The number of nitrogens with zero attached hydrogens (tertiary/aromatic N) is 1. The molecule has 2 atom stereocenters. The van der Waals surface area contributed by atoms with Gasteiger partial charge in [0.25, 0.3) is 5.24 Å². The molecule has 1 aliphatic heterocycles. The number of hydrogen-bond donors (Lipinski definition) is 2. The molecule has 2 N–H and O–H groups in total. The minimum Gasteiger partial charge on any atom is -0.345 e. The van der Waals surface area contributed by atoms with E-state index in [0.717, 1.165) is 28.0 Å². The molecule has 7 heteroatoms. The largest absolute Gasteiger partial charge is 0.345 e. The van der Waals surface area contributed by atoms with Gasteiger partial charge in [0.05, 0.1) is 11.7 Å². The summed E-state index contributed by atoms with van der Waals surface area (Å²) >= 11 is 2.65. The van der Waals surface area contributed by atoms with Gasteiger partial charge in [0.15, 0.2) is 0 Å². The van der Waals surface area contributed by atoms with E-state index in [1.165, 1.54) is 11.3 Å². The van der Waals surface area contributed by atoms with Gasteiger partial charge in [-0.25, -0.2) is 4.98 Å². The third-order valence-corrected chi connectivity index (χ3v) is 5.22. The van der Waals surface area contributed by atoms with Crippen LogP contribution in [0.3, 0.4) is 0 Å². The van der Waals surface area contributed by atoms with Crippen LogP contribution in [0, 0.1) is 0 Å². The Morgan fingerprint density at radius 1 is 1.41 bits per heavy atom. The molecule has 1 aromatic heterocycles. The highest BCUT2D eigenvalue weighted by atomic mass is 32.2. The van der Waals surface area contributed by atoms with Crippen molar-refractivity contribution < 1.29 is 9.59 Å². The summed E-state index contributed by atoms with van der Waals surface area (Å²) in [4.78, 5) is 27.8. The monoisotopic (exact) mass is 333 g/mol. The van der Waals surface area contributed by atoms with Gasteiger partial charge in [0.1, 0.15) is 11.0 Å². The van der Waals surface area contributed by atoms with Crippen molar-refractivity contribution >= 4 is 34.2 Å². The molecule has 1 aliphatic rings. The average Bonchev–Trinajstić information content (AvgIpc) is 3.17. The predicted molar refractivity (Wildman–Crippen MR) is 88.9 cm³/mol. The number of thiazole rings is 1. The minimum absolute atomic E-state index is 0.145. The van der Waals surface area contributed by atoms with Crippen LogP contribution in [0.2, 0.25) is 0 Å². The third kappa shape index (κ3) is 3.31. The van der Waals surface area contributed by atoms with Gasteiger partial charge in [-0.15, -0.1) is 11.3 Å². The van der Waals surface area contributed by atoms with Crippen molar-refractivity contribution in [2.24, 2.45) is 0 Å². The lowest BCUT2D eigenvalue weighted by Crippen LogP contribution is -2.43. The van der Waals surface area contributed by atoms with Crippen LogP contribution in [0.15, 0.2) is 35.7 Å². The Morgan fingerprint density at radius 3 is 2.86 bits per heavy atom. The first-order valence-corrected chi connectivity index (χ1v) is 8.74. The molecule has 1 fully saturated rings. The number of benzene rings is 1. The minimum atomic E-state index is -0.450. The Morgan fingerprint density at radius 2 is 2.18 bits per heavy atom. The topological polar surface area (TPSA) is 71.1 Å². The Bertz CT molecular complexity index is 687. The maximum absolute atomic E-state index is 12.1. The average molecular weight is 333 g/mol. The van der Waals surface area contributed by atoms with E-state index in [-0.39, 0.29) is 17.2 Å². The van der Waals surface area contributed by atoms with E-state index in [9.17, 15) is 9.59 Å². The van der Waals surface area contributed by atoms with Gasteiger partial charge in [-0.05, 0) is 6.92 Å². The molecule has 0 saturated carbocycles. The second-order valence-corrected chi connectivity index (χ2v) is 6.85. The standard InChI is InChI=1S/C15H15N3O2S2/c1-9(16-13(19)12-8-22-15(20)18-12)14-17-11(7-21-14)10-5-3-2-4-6-10/h2-7,9,12H,8H2,1H3,(H,16,19)(H,18,20). The highest BCUT2D eigenvalue weighted by molar-refractivity contribution is 8.14. The molecular weight excluding hydrogens is 318 g/mol. The normalized spacial score (nSPS) is 18.8. The number of amides is 2. The number of thioether (sulfide) groups is 1. The Hall–Kier alpha value is -1.86. The zero-order chi connectivity index (χ0) is 15.5. The maximum atomic E-state index is 12.1. The van der Waals surface area contributed by atoms with E-state index in [1.807, 2.05) is 42.6 Å². The lowest BCUT2D eigenvalue weighted by Gasteiger charge is -2.14. The van der Waals surface area contributed by atoms with E-state index < -0.39 is 6.04 Å². The number of nitrogens with one attached hydrogen (secondary N) is 2. The first-order valence-electron chi connectivity index (χ1n) is 6.88. The van der Waals surface area contributed by atoms with Crippen molar-refractivity contribution in [3.63, 3.8) is 0 Å². The summed E-state index contributed by atoms with van der Waals surface area (Å²) in [5, 5.41) is 8.23. The van der Waals surface area contributed by atoms with Crippen molar-refractivity contribution in [2.75, 3.05) is 5.75 Å². The molecule has 1 aromatic carbocycles. The van der Waals surface area contributed by atoms with E-state index in [2.05, 4.69) is 15.6 Å². The van der Waals surface area contributed by atoms with Crippen LogP contribution in [-0.2, 0) is 4.79 Å². The lowest BCUT2D eigenvalue weighted by atomic mass is 10.2. The molecule has 5 nitrogen and oxygen atoms in total. The fourth-order valence-electron chi connectivity index (χ4n) is 2.13. The summed E-state index contributed by atoms with van der Waals surface area (Å²) in [6.07, 6.45) is 0. The van der Waals surface area contributed by atoms with Crippen LogP contribution in [-0.4, -0.2) is 27.9 Å². The van der Waals surface area contributed by atoms with Crippen LogP contribution in [0.1, 0.15) is 18.0 Å². The van der Waals surface area contributed by atoms with Crippen molar-refractivity contribution in [2.45, 2.75) is 19.0 Å². The fraction of sp³-hybridized carbons (Fsp3) is 0.267. The van der Waals surface area contributed by atoms with Crippen molar-refractivity contribution in [3.05, 3.63) is 40.7 Å². The van der Waals surface area contributed by atoms with Gasteiger partial charge >= 0.3 is 0 Å². The first kappa shape index (κ1) is 15.1. The van der Waals surface area contributed by atoms with Gasteiger partial charge in [-0.3, -0.25) is 9.59 Å². The zero-order valence-electron chi connectivity index (χ0n) is 11.9. The van der Waals surface area contributed by atoms with E-state index in [1.54, 1.807) is 0 Å². The summed E-state index contributed by atoms with van der Waals surface area (Å²) < 4.78 is 0. The Labute approximate surface area is 136 Å². The van der Waals surface area contributed by atoms with E-state index in [0.29, 0.717) is 5.75 Å². The highest BCUT2D eigenvalue weighted by Crippen LogP contribution is 2.25. The maximum Gasteiger partial charge on any atom is 0.279 e. The van der Waals surface area contributed by atoms with Crippen LogP contribution in [0.4, 0.5) is 4.79 Å². The van der Waals surface area contributed by atoms with Crippen LogP contribution in [0.25, 0.3) is 11.3 Å².